The first-order valence-corrected chi connectivity index (χ1v) is 7.28. The number of amidine groups is 1. The molecule has 1 unspecified atom stereocenters. The minimum atomic E-state index is -0.219. The number of nitrogens with zero attached hydrogens (tertiary/aromatic N) is 1. The molecule has 1 heterocycles. The Morgan fingerprint density at radius 1 is 1.59 bits per heavy atom. The van der Waals surface area contributed by atoms with Crippen LogP contribution in [0.2, 0.25) is 0 Å². The topological polar surface area (TPSA) is 67.5 Å². The molecule has 0 aliphatic carbocycles. The van der Waals surface area contributed by atoms with Gasteiger partial charge in [0, 0.05) is 24.8 Å². The summed E-state index contributed by atoms with van der Waals surface area (Å²) in [5.41, 5.74) is 5.07. The number of amides is 1. The van der Waals surface area contributed by atoms with E-state index in [-0.39, 0.29) is 5.91 Å². The van der Waals surface area contributed by atoms with Gasteiger partial charge in [0.05, 0.1) is 0 Å². The third-order valence-corrected chi connectivity index (χ3v) is 3.68. The molecule has 0 radical (unpaired) electrons. The molecule has 1 saturated heterocycles. The summed E-state index contributed by atoms with van der Waals surface area (Å²) in [4.78, 5) is 15.0. The Morgan fingerprint density at radius 2 is 2.35 bits per heavy atom. The van der Waals surface area contributed by atoms with E-state index in [0.717, 1.165) is 36.2 Å². The number of hydrogen-bond acceptors (Lipinski definition) is 3. The normalized spacial score (nSPS) is 22.1. The summed E-state index contributed by atoms with van der Waals surface area (Å²) in [6.07, 6.45) is 3.45. The molecule has 0 bridgehead atoms. The molecule has 1 fully saturated rings. The fourth-order valence-corrected chi connectivity index (χ4v) is 2.83. The monoisotopic (exact) mass is 257 g/mol. The van der Waals surface area contributed by atoms with Crippen LogP contribution in [0.5, 0.6) is 0 Å². The maximum Gasteiger partial charge on any atom is 0.217 e. The molecule has 98 valence electrons. The maximum atomic E-state index is 10.5. The summed E-state index contributed by atoms with van der Waals surface area (Å²) in [6, 6.07) is 0.573. The van der Waals surface area contributed by atoms with E-state index in [4.69, 9.17) is 5.73 Å². The molecule has 1 atom stereocenters. The molecule has 4 nitrogen and oxygen atoms in total. The van der Waals surface area contributed by atoms with Crippen LogP contribution in [0.25, 0.3) is 0 Å². The zero-order valence-corrected chi connectivity index (χ0v) is 11.6. The zero-order valence-electron chi connectivity index (χ0n) is 10.7. The second kappa shape index (κ2) is 7.58. The molecular formula is C12H23N3OS. The van der Waals surface area contributed by atoms with Gasteiger partial charge in [0.25, 0.3) is 0 Å². The van der Waals surface area contributed by atoms with Gasteiger partial charge in [0.2, 0.25) is 5.91 Å². The van der Waals surface area contributed by atoms with Gasteiger partial charge in [0.15, 0.2) is 5.17 Å². The second-order valence-corrected chi connectivity index (χ2v) is 5.90. The Morgan fingerprint density at radius 3 is 3.00 bits per heavy atom. The molecule has 17 heavy (non-hydrogen) atoms. The number of carbonyl (C=O) groups excluding carboxylic acids is 1. The molecule has 0 saturated carbocycles. The molecular weight excluding hydrogens is 234 g/mol. The van der Waals surface area contributed by atoms with Gasteiger partial charge in [-0.25, -0.2) is 0 Å². The van der Waals surface area contributed by atoms with Crippen molar-refractivity contribution in [2.75, 3.05) is 12.3 Å². The Bertz CT molecular complexity index is 279. The number of aliphatic imine (C=N–C) groups is 1. The largest absolute Gasteiger partial charge is 0.370 e. The van der Waals surface area contributed by atoms with E-state index in [1.807, 2.05) is 0 Å². The Kier molecular flexibility index (Phi) is 6.40. The third-order valence-electron chi connectivity index (χ3n) is 2.59. The van der Waals surface area contributed by atoms with E-state index in [1.165, 1.54) is 6.42 Å². The van der Waals surface area contributed by atoms with Crippen molar-refractivity contribution in [3.05, 3.63) is 0 Å². The first-order valence-electron chi connectivity index (χ1n) is 6.30. The van der Waals surface area contributed by atoms with Gasteiger partial charge in [-0.3, -0.25) is 9.79 Å². The number of thioether (sulfide) groups is 1. The van der Waals surface area contributed by atoms with Gasteiger partial charge in [-0.05, 0) is 25.2 Å². The fourth-order valence-electron chi connectivity index (χ4n) is 1.82. The first kappa shape index (κ1) is 14.4. The summed E-state index contributed by atoms with van der Waals surface area (Å²) in [7, 11) is 0. The van der Waals surface area contributed by atoms with Crippen LogP contribution in [0.3, 0.4) is 0 Å². The predicted molar refractivity (Wildman–Crippen MR) is 74.2 cm³/mol. The number of primary amides is 1. The molecule has 0 spiro atoms. The predicted octanol–water partition coefficient (Wildman–Crippen LogP) is 1.75. The van der Waals surface area contributed by atoms with Crippen molar-refractivity contribution >= 4 is 22.8 Å². The van der Waals surface area contributed by atoms with Crippen LogP contribution in [0, 0.1) is 5.92 Å². The SMILES string of the molecule is CC(C)CC1CSC(=NCCCCC(N)=O)N1. The lowest BCUT2D eigenvalue weighted by Gasteiger charge is -2.11. The number of nitrogens with one attached hydrogen (secondary N) is 1. The molecule has 1 rings (SSSR count). The van der Waals surface area contributed by atoms with Crippen molar-refractivity contribution in [3.8, 4) is 0 Å². The standard InChI is InChI=1S/C12H23N3OS/c1-9(2)7-10-8-17-12(15-10)14-6-4-3-5-11(13)16/h9-10H,3-8H2,1-2H3,(H2,13,16)(H,14,15). The van der Waals surface area contributed by atoms with E-state index in [9.17, 15) is 4.79 Å². The van der Waals surface area contributed by atoms with Crippen molar-refractivity contribution in [2.24, 2.45) is 16.6 Å². The minimum absolute atomic E-state index is 0.219. The molecule has 0 aromatic carbocycles. The highest BCUT2D eigenvalue weighted by Crippen LogP contribution is 2.19. The number of hydrogen-bond donors (Lipinski definition) is 2. The number of carbonyl (C=O) groups is 1. The third kappa shape index (κ3) is 6.56. The lowest BCUT2D eigenvalue weighted by atomic mass is 10.1. The molecule has 0 aromatic rings. The van der Waals surface area contributed by atoms with E-state index in [1.54, 1.807) is 11.8 Å². The van der Waals surface area contributed by atoms with Crippen molar-refractivity contribution in [2.45, 2.75) is 45.6 Å². The van der Waals surface area contributed by atoms with Crippen LogP contribution in [-0.4, -0.2) is 29.4 Å². The Balaban J connectivity index is 2.13. The van der Waals surface area contributed by atoms with Crippen LogP contribution in [-0.2, 0) is 4.79 Å². The quantitative estimate of drug-likeness (QED) is 0.683. The molecule has 1 aliphatic heterocycles. The Hall–Kier alpha value is -0.710. The van der Waals surface area contributed by atoms with Crippen LogP contribution in [0.1, 0.15) is 39.5 Å². The van der Waals surface area contributed by atoms with Crippen LogP contribution in [0.15, 0.2) is 4.99 Å². The van der Waals surface area contributed by atoms with E-state index >= 15 is 0 Å². The summed E-state index contributed by atoms with van der Waals surface area (Å²) < 4.78 is 0. The van der Waals surface area contributed by atoms with E-state index in [0.29, 0.717) is 12.5 Å². The summed E-state index contributed by atoms with van der Waals surface area (Å²) in [6.45, 7) is 5.27. The number of rotatable bonds is 7. The van der Waals surface area contributed by atoms with Crippen LogP contribution in [0.4, 0.5) is 0 Å². The van der Waals surface area contributed by atoms with Crippen molar-refractivity contribution in [1.29, 1.82) is 0 Å². The fraction of sp³-hybridized carbons (Fsp3) is 0.833. The second-order valence-electron chi connectivity index (χ2n) is 4.89. The van der Waals surface area contributed by atoms with Gasteiger partial charge in [-0.15, -0.1) is 0 Å². The average molecular weight is 257 g/mol. The summed E-state index contributed by atoms with van der Waals surface area (Å²) in [5, 5.41) is 4.51. The van der Waals surface area contributed by atoms with Gasteiger partial charge in [0.1, 0.15) is 0 Å². The highest BCUT2D eigenvalue weighted by Gasteiger charge is 2.20. The van der Waals surface area contributed by atoms with Crippen molar-refractivity contribution < 1.29 is 4.79 Å². The molecule has 0 aromatic heterocycles. The smallest absolute Gasteiger partial charge is 0.217 e. The highest BCUT2D eigenvalue weighted by molar-refractivity contribution is 8.14. The average Bonchev–Trinajstić information content (AvgIpc) is 2.63. The molecule has 1 aliphatic rings. The van der Waals surface area contributed by atoms with E-state index in [2.05, 4.69) is 24.2 Å². The van der Waals surface area contributed by atoms with E-state index < -0.39 is 0 Å². The lowest BCUT2D eigenvalue weighted by molar-refractivity contribution is -0.118. The Labute approximate surface area is 108 Å². The summed E-state index contributed by atoms with van der Waals surface area (Å²) >= 11 is 1.80. The molecule has 1 amide bonds. The van der Waals surface area contributed by atoms with Gasteiger partial charge in [-0.2, -0.15) is 0 Å². The number of nitrogens with two attached hydrogens (primary N) is 1. The van der Waals surface area contributed by atoms with Crippen LogP contribution >= 0.6 is 11.8 Å². The summed E-state index contributed by atoms with van der Waals surface area (Å²) in [5.74, 6) is 1.63. The lowest BCUT2D eigenvalue weighted by Crippen LogP contribution is -2.28. The number of unbranched alkanes of at least 4 members (excludes halogenated alkanes) is 1. The molecule has 3 N–H and O–H groups in total. The zero-order chi connectivity index (χ0) is 12.7. The highest BCUT2D eigenvalue weighted by atomic mass is 32.2. The van der Waals surface area contributed by atoms with Gasteiger partial charge >= 0.3 is 0 Å². The van der Waals surface area contributed by atoms with Crippen molar-refractivity contribution in [3.63, 3.8) is 0 Å². The molecule has 5 heteroatoms. The first-order chi connectivity index (χ1) is 8.08. The van der Waals surface area contributed by atoms with Crippen molar-refractivity contribution in [1.82, 2.24) is 5.32 Å². The van der Waals surface area contributed by atoms with Gasteiger partial charge in [-0.1, -0.05) is 25.6 Å². The maximum absolute atomic E-state index is 10.5. The van der Waals surface area contributed by atoms with Gasteiger partial charge < -0.3 is 11.1 Å². The minimum Gasteiger partial charge on any atom is -0.370 e. The van der Waals surface area contributed by atoms with Crippen LogP contribution < -0.4 is 11.1 Å².